The molecule has 0 radical (unpaired) electrons. The molecule has 0 unspecified atom stereocenters. The fourth-order valence-electron chi connectivity index (χ4n) is 4.66. The first-order chi connectivity index (χ1) is 17.3. The van der Waals surface area contributed by atoms with Gasteiger partial charge in [0.15, 0.2) is 12.3 Å². The predicted octanol–water partition coefficient (Wildman–Crippen LogP) is 3.82. The van der Waals surface area contributed by atoms with Gasteiger partial charge in [-0.3, -0.25) is 9.59 Å². The number of carbonyl (C=O) groups is 2. The van der Waals surface area contributed by atoms with Crippen LogP contribution in [0.4, 0.5) is 5.69 Å². The molecule has 0 saturated heterocycles. The number of nitrogens with zero attached hydrogens (tertiary/aromatic N) is 2. The highest BCUT2D eigenvalue weighted by Crippen LogP contribution is 2.38. The number of hydrogen-bond donors (Lipinski definition) is 1. The second-order valence-electron chi connectivity index (χ2n) is 8.90. The van der Waals surface area contributed by atoms with Gasteiger partial charge < -0.3 is 19.5 Å². The van der Waals surface area contributed by atoms with Crippen molar-refractivity contribution in [2.45, 2.75) is 27.7 Å². The maximum atomic E-state index is 13.1. The van der Waals surface area contributed by atoms with E-state index < -0.39 is 11.6 Å². The van der Waals surface area contributed by atoms with Gasteiger partial charge >= 0.3 is 0 Å². The zero-order chi connectivity index (χ0) is 26.4. The smallest absolute Gasteiger partial charge is 0.238 e. The van der Waals surface area contributed by atoms with E-state index in [9.17, 15) is 14.7 Å². The number of carbonyl (C=O) groups excluding carboxylic acids is 2. The molecule has 0 atom stereocenters. The van der Waals surface area contributed by atoms with E-state index in [0.29, 0.717) is 24.4 Å². The molecule has 0 amide bonds. The summed E-state index contributed by atoms with van der Waals surface area (Å²) in [4.78, 5) is 28.3. The molecule has 3 rings (SSSR count). The van der Waals surface area contributed by atoms with Gasteiger partial charge in [-0.2, -0.15) is 0 Å². The number of anilines is 1. The summed E-state index contributed by atoms with van der Waals surface area (Å²) in [6.07, 6.45) is 5.70. The van der Waals surface area contributed by atoms with Crippen molar-refractivity contribution in [2.75, 3.05) is 58.5 Å². The summed E-state index contributed by atoms with van der Waals surface area (Å²) in [7, 11) is 3.34. The van der Waals surface area contributed by atoms with Gasteiger partial charge in [0.05, 0.1) is 17.8 Å². The quantitative estimate of drug-likeness (QED) is 0.303. The number of rotatable bonds is 10. The normalized spacial score (nSPS) is 19.3. The SMILES string of the molecule is CCN(CCOC)c1ccc(C2=C(O)/C(=C3\C=CC(=[N+](CC)CCOC)C=C3C)C(=O)C2=O)c(C)c1. The lowest BCUT2D eigenvalue weighted by molar-refractivity contribution is -0.525. The number of methoxy groups -OCH3 is 2. The number of aliphatic hydroxyl groups is 1. The standard InChI is InChI=1S/C29H36N2O5/c1-7-30(13-15-35-5)21-9-11-23(19(3)17-21)25-27(32)26(29(34)28(25)33)24-12-10-22(18-20(24)4)31(8-2)14-16-36-6/h9-12,17-18H,7-8,13-16H2,1-6H3/p+1. The van der Waals surface area contributed by atoms with E-state index in [0.717, 1.165) is 48.7 Å². The highest BCUT2D eigenvalue weighted by atomic mass is 16.5. The number of allylic oxidation sites excluding steroid dienone is 7. The first-order valence-corrected chi connectivity index (χ1v) is 12.4. The van der Waals surface area contributed by atoms with E-state index in [4.69, 9.17) is 9.47 Å². The Bertz CT molecular complexity index is 1200. The maximum absolute atomic E-state index is 13.1. The molecule has 1 N–H and O–H groups in total. The minimum atomic E-state index is -0.677. The molecule has 1 aromatic carbocycles. The van der Waals surface area contributed by atoms with Crippen molar-refractivity contribution in [2.24, 2.45) is 0 Å². The van der Waals surface area contributed by atoms with Gasteiger partial charge in [0, 0.05) is 45.1 Å². The van der Waals surface area contributed by atoms with E-state index >= 15 is 0 Å². The minimum Gasteiger partial charge on any atom is -0.506 e. The molecule has 2 aliphatic carbocycles. The average Bonchev–Trinajstić information content (AvgIpc) is 3.08. The van der Waals surface area contributed by atoms with Crippen LogP contribution in [-0.2, 0) is 19.1 Å². The number of likely N-dealkylation sites (N-methyl/N-ethyl adjacent to an activating group) is 2. The highest BCUT2D eigenvalue weighted by Gasteiger charge is 2.40. The lowest BCUT2D eigenvalue weighted by Gasteiger charge is -2.23. The predicted molar refractivity (Wildman–Crippen MR) is 143 cm³/mol. The molecule has 0 heterocycles. The van der Waals surface area contributed by atoms with E-state index in [-0.39, 0.29) is 16.9 Å². The number of benzene rings is 1. The Morgan fingerprint density at radius 2 is 1.67 bits per heavy atom. The molecule has 192 valence electrons. The molecule has 0 aliphatic heterocycles. The van der Waals surface area contributed by atoms with Crippen molar-refractivity contribution in [3.8, 4) is 0 Å². The van der Waals surface area contributed by atoms with Crippen LogP contribution in [0, 0.1) is 6.92 Å². The van der Waals surface area contributed by atoms with Crippen molar-refractivity contribution in [1.82, 2.24) is 0 Å². The van der Waals surface area contributed by atoms with Crippen molar-refractivity contribution < 1.29 is 28.7 Å². The molecule has 1 aromatic rings. The Balaban J connectivity index is 2.03. The van der Waals surface area contributed by atoms with Gasteiger partial charge in [-0.1, -0.05) is 6.07 Å². The Labute approximate surface area is 213 Å². The molecule has 0 spiro atoms. The van der Waals surface area contributed by atoms with Crippen LogP contribution in [0.25, 0.3) is 5.57 Å². The fraction of sp³-hybridized carbons (Fsp3) is 0.414. The summed E-state index contributed by atoms with van der Waals surface area (Å²) in [5.74, 6) is -1.61. The van der Waals surface area contributed by atoms with Crippen molar-refractivity contribution in [1.29, 1.82) is 0 Å². The van der Waals surface area contributed by atoms with E-state index in [1.807, 2.05) is 50.3 Å². The highest BCUT2D eigenvalue weighted by molar-refractivity contribution is 6.63. The van der Waals surface area contributed by atoms with Crippen LogP contribution < -0.4 is 4.90 Å². The monoisotopic (exact) mass is 493 g/mol. The van der Waals surface area contributed by atoms with E-state index in [1.165, 1.54) is 0 Å². The lowest BCUT2D eigenvalue weighted by atomic mass is 9.93. The maximum Gasteiger partial charge on any atom is 0.238 e. The third kappa shape index (κ3) is 5.42. The van der Waals surface area contributed by atoms with Gasteiger partial charge in [0.25, 0.3) is 0 Å². The van der Waals surface area contributed by atoms with Crippen molar-refractivity contribution in [3.05, 3.63) is 70.0 Å². The van der Waals surface area contributed by atoms with Gasteiger partial charge in [0.2, 0.25) is 11.6 Å². The van der Waals surface area contributed by atoms with Crippen molar-refractivity contribution >= 4 is 28.5 Å². The average molecular weight is 494 g/mol. The molecule has 7 nitrogen and oxygen atoms in total. The van der Waals surface area contributed by atoms with Crippen LogP contribution in [0.5, 0.6) is 0 Å². The molecule has 0 bridgehead atoms. The first kappa shape index (κ1) is 27.3. The first-order valence-electron chi connectivity index (χ1n) is 12.4. The van der Waals surface area contributed by atoms with Gasteiger partial charge in [-0.15, -0.1) is 0 Å². The summed E-state index contributed by atoms with van der Waals surface area (Å²) in [5.41, 5.74) is 4.90. The molecule has 0 fully saturated rings. The Morgan fingerprint density at radius 1 is 0.972 bits per heavy atom. The number of ether oxygens (including phenoxy) is 2. The summed E-state index contributed by atoms with van der Waals surface area (Å²) in [5, 5.41) is 11.2. The van der Waals surface area contributed by atoms with Crippen LogP contribution in [0.2, 0.25) is 0 Å². The Morgan fingerprint density at radius 3 is 2.25 bits per heavy atom. The van der Waals surface area contributed by atoms with Gasteiger partial charge in [-0.25, -0.2) is 4.58 Å². The van der Waals surface area contributed by atoms with Crippen molar-refractivity contribution in [3.63, 3.8) is 0 Å². The van der Waals surface area contributed by atoms with E-state index in [1.54, 1.807) is 14.2 Å². The van der Waals surface area contributed by atoms with Gasteiger partial charge in [-0.05, 0) is 68.2 Å². The molecule has 7 heteroatoms. The molecule has 36 heavy (non-hydrogen) atoms. The molecular formula is C29H37N2O5+. The van der Waals surface area contributed by atoms with Gasteiger partial charge in [0.1, 0.15) is 18.9 Å². The summed E-state index contributed by atoms with van der Waals surface area (Å²) >= 11 is 0. The number of aryl methyl sites for hydroxylation is 1. The lowest BCUT2D eigenvalue weighted by Crippen LogP contribution is -2.26. The van der Waals surface area contributed by atoms with Crippen LogP contribution in [0.15, 0.2) is 58.9 Å². The third-order valence-corrected chi connectivity index (χ3v) is 6.72. The minimum absolute atomic E-state index is 0.0674. The topological polar surface area (TPSA) is 79.1 Å². The zero-order valence-electron chi connectivity index (χ0n) is 22.2. The fourth-order valence-corrected chi connectivity index (χ4v) is 4.66. The largest absolute Gasteiger partial charge is 0.506 e. The Kier molecular flexibility index (Phi) is 9.18. The van der Waals surface area contributed by atoms with Crippen LogP contribution in [0.1, 0.15) is 31.9 Å². The number of ketones is 2. The van der Waals surface area contributed by atoms with Crippen LogP contribution in [0.3, 0.4) is 0 Å². The number of hydrogen-bond acceptors (Lipinski definition) is 6. The van der Waals surface area contributed by atoms with Crippen LogP contribution in [-0.4, -0.2) is 80.6 Å². The summed E-state index contributed by atoms with van der Waals surface area (Å²) < 4.78 is 12.6. The molecule has 2 aliphatic rings. The second-order valence-corrected chi connectivity index (χ2v) is 8.90. The number of Topliss-reactive ketones (excluding diaryl/α,β-unsaturated/α-hetero) is 2. The molecule has 0 aromatic heterocycles. The van der Waals surface area contributed by atoms with E-state index in [2.05, 4.69) is 23.3 Å². The molecular weight excluding hydrogens is 456 g/mol. The summed E-state index contributed by atoms with van der Waals surface area (Å²) in [6, 6.07) is 5.70. The Hall–Kier alpha value is -3.29. The second kappa shape index (κ2) is 12.1. The zero-order valence-corrected chi connectivity index (χ0v) is 22.2. The van der Waals surface area contributed by atoms with Crippen LogP contribution >= 0.6 is 0 Å². The molecule has 0 saturated carbocycles. The third-order valence-electron chi connectivity index (χ3n) is 6.72. The number of aliphatic hydroxyl groups excluding tert-OH is 1. The summed E-state index contributed by atoms with van der Waals surface area (Å²) in [6.45, 7) is 12.2.